The first-order valence-electron chi connectivity index (χ1n) is 11.7. The van der Waals surface area contributed by atoms with Crippen LogP contribution in [-0.4, -0.2) is 24.8 Å². The molecule has 0 spiro atoms. The number of rotatable bonds is 8. The van der Waals surface area contributed by atoms with E-state index < -0.39 is 24.8 Å². The molecule has 0 saturated carbocycles. The summed E-state index contributed by atoms with van der Waals surface area (Å²) in [6.07, 6.45) is -0.438. The number of carboxylic acid groups (broad SMARTS) is 1. The molecule has 194 valence electrons. The first-order valence-corrected chi connectivity index (χ1v) is 12.5. The number of methoxy groups -OCH3 is 1. The largest absolute Gasteiger partial charge is 0.493 e. The first kappa shape index (κ1) is 27.0. The Morgan fingerprint density at radius 3 is 2.43 bits per heavy atom. The van der Waals surface area contributed by atoms with Gasteiger partial charge in [-0.25, -0.2) is 9.18 Å². The summed E-state index contributed by atoms with van der Waals surface area (Å²) < 4.78 is 31.8. The van der Waals surface area contributed by atoms with Gasteiger partial charge in [0, 0.05) is 33.5 Å². The minimum Gasteiger partial charge on any atom is -0.493 e. The molecule has 1 aliphatic rings. The van der Waals surface area contributed by atoms with Crippen molar-refractivity contribution >= 4 is 29.2 Å². The predicted molar refractivity (Wildman–Crippen MR) is 141 cm³/mol. The molecular formula is C29H27Cl2FO5. The molecule has 1 aliphatic heterocycles. The molecule has 0 unspecified atom stereocenters. The predicted octanol–water partition coefficient (Wildman–Crippen LogP) is 7.78. The van der Waals surface area contributed by atoms with E-state index in [9.17, 15) is 14.3 Å². The summed E-state index contributed by atoms with van der Waals surface area (Å²) in [5, 5.41) is 10.2. The lowest BCUT2D eigenvalue weighted by Crippen LogP contribution is -2.32. The minimum atomic E-state index is -1.13. The van der Waals surface area contributed by atoms with Crippen molar-refractivity contribution in [3.8, 4) is 11.5 Å². The maximum absolute atomic E-state index is 13.8. The Hall–Kier alpha value is -3.06. The maximum atomic E-state index is 13.8. The molecule has 1 fully saturated rings. The van der Waals surface area contributed by atoms with Crippen molar-refractivity contribution in [3.05, 3.63) is 105 Å². The third-order valence-corrected chi connectivity index (χ3v) is 7.01. The lowest BCUT2D eigenvalue weighted by Gasteiger charge is -2.43. The Kier molecular flexibility index (Phi) is 8.42. The summed E-state index contributed by atoms with van der Waals surface area (Å²) in [5.74, 6) is -1.25. The van der Waals surface area contributed by atoms with Gasteiger partial charge in [0.25, 0.3) is 0 Å². The van der Waals surface area contributed by atoms with Crippen LogP contribution in [0, 0.1) is 11.7 Å². The van der Waals surface area contributed by atoms with E-state index in [4.69, 9.17) is 37.4 Å². The van der Waals surface area contributed by atoms with Crippen molar-refractivity contribution in [1.82, 2.24) is 0 Å². The van der Waals surface area contributed by atoms with E-state index in [-0.39, 0.29) is 23.4 Å². The van der Waals surface area contributed by atoms with Crippen LogP contribution in [0.4, 0.5) is 4.39 Å². The van der Waals surface area contributed by atoms with E-state index in [1.807, 2.05) is 31.2 Å². The molecule has 0 aromatic heterocycles. The van der Waals surface area contributed by atoms with Gasteiger partial charge in [-0.15, -0.1) is 0 Å². The molecule has 4 rings (SSSR count). The standard InChI is InChI=1S/C29H27Cl2FO5/c1-16(2)22-14-23(18-5-4-6-19(30)11-18)27(17-7-9-21(32)10-8-17)37-28(22)24-12-20(31)13-25(35-3)29(24)36-15-26(33)34/h4-13,22-23,27-28H,1,14-15H2,2-3H3,(H,33,34)/t22-,23-,27+,28+/m1/s1. The monoisotopic (exact) mass is 544 g/mol. The number of benzene rings is 3. The quantitative estimate of drug-likeness (QED) is 0.293. The van der Waals surface area contributed by atoms with Crippen molar-refractivity contribution < 1.29 is 28.5 Å². The zero-order valence-corrected chi connectivity index (χ0v) is 21.9. The molecule has 8 heteroatoms. The molecule has 5 nitrogen and oxygen atoms in total. The summed E-state index contributed by atoms with van der Waals surface area (Å²) in [7, 11) is 1.46. The average molecular weight is 545 g/mol. The minimum absolute atomic E-state index is 0.119. The third-order valence-electron chi connectivity index (χ3n) is 6.56. The number of carbonyl (C=O) groups is 1. The van der Waals surface area contributed by atoms with Crippen LogP contribution in [0.1, 0.15) is 48.2 Å². The van der Waals surface area contributed by atoms with Gasteiger partial charge in [0.1, 0.15) is 5.82 Å². The van der Waals surface area contributed by atoms with Gasteiger partial charge in [-0.1, -0.05) is 59.6 Å². The van der Waals surface area contributed by atoms with Crippen molar-refractivity contribution in [3.63, 3.8) is 0 Å². The number of hydrogen-bond donors (Lipinski definition) is 1. The lowest BCUT2D eigenvalue weighted by atomic mass is 9.74. The summed E-state index contributed by atoms with van der Waals surface area (Å²) in [4.78, 5) is 11.3. The van der Waals surface area contributed by atoms with E-state index in [0.717, 1.165) is 16.7 Å². The van der Waals surface area contributed by atoms with Crippen LogP contribution in [0.15, 0.2) is 72.8 Å². The Labute approximate surface area is 225 Å². The second-order valence-corrected chi connectivity index (χ2v) is 9.96. The van der Waals surface area contributed by atoms with Crippen LogP contribution in [0.5, 0.6) is 11.5 Å². The van der Waals surface area contributed by atoms with Gasteiger partial charge in [0.05, 0.1) is 19.3 Å². The van der Waals surface area contributed by atoms with Crippen molar-refractivity contribution in [2.24, 2.45) is 5.92 Å². The third kappa shape index (κ3) is 6.09. The molecule has 0 radical (unpaired) electrons. The highest BCUT2D eigenvalue weighted by Gasteiger charge is 2.42. The fourth-order valence-electron chi connectivity index (χ4n) is 4.87. The second kappa shape index (κ2) is 11.5. The van der Waals surface area contributed by atoms with Gasteiger partial charge >= 0.3 is 5.97 Å². The lowest BCUT2D eigenvalue weighted by molar-refractivity contribution is -0.139. The molecule has 0 aliphatic carbocycles. The fraction of sp³-hybridized carbons (Fsp3) is 0.276. The van der Waals surface area contributed by atoms with Crippen molar-refractivity contribution in [2.75, 3.05) is 13.7 Å². The van der Waals surface area contributed by atoms with E-state index >= 15 is 0 Å². The van der Waals surface area contributed by atoms with Crippen LogP contribution in [0.3, 0.4) is 0 Å². The molecule has 1 N–H and O–H groups in total. The average Bonchev–Trinajstić information content (AvgIpc) is 2.87. The summed E-state index contributed by atoms with van der Waals surface area (Å²) in [6.45, 7) is 5.58. The topological polar surface area (TPSA) is 65.0 Å². The first-order chi connectivity index (χ1) is 17.7. The number of aliphatic carboxylic acids is 1. The fourth-order valence-corrected chi connectivity index (χ4v) is 5.28. The number of carboxylic acids is 1. The normalized spacial score (nSPS) is 21.3. The Bertz CT molecular complexity index is 1290. The van der Waals surface area contributed by atoms with Crippen LogP contribution < -0.4 is 9.47 Å². The highest BCUT2D eigenvalue weighted by molar-refractivity contribution is 6.31. The molecule has 0 amide bonds. The molecular weight excluding hydrogens is 518 g/mol. The molecule has 3 aromatic rings. The Balaban J connectivity index is 1.86. The van der Waals surface area contributed by atoms with E-state index in [1.165, 1.54) is 19.2 Å². The number of halogens is 3. The second-order valence-electron chi connectivity index (χ2n) is 9.09. The van der Waals surface area contributed by atoms with Crippen LogP contribution in [-0.2, 0) is 9.53 Å². The molecule has 0 bridgehead atoms. The van der Waals surface area contributed by atoms with Crippen LogP contribution in [0.2, 0.25) is 10.0 Å². The molecule has 37 heavy (non-hydrogen) atoms. The van der Waals surface area contributed by atoms with Crippen LogP contribution in [0.25, 0.3) is 0 Å². The van der Waals surface area contributed by atoms with Gasteiger partial charge < -0.3 is 19.3 Å². The van der Waals surface area contributed by atoms with E-state index in [1.54, 1.807) is 24.3 Å². The van der Waals surface area contributed by atoms with E-state index in [2.05, 4.69) is 6.58 Å². The summed E-state index contributed by atoms with van der Waals surface area (Å²) in [5.41, 5.74) is 3.20. The van der Waals surface area contributed by atoms with Crippen molar-refractivity contribution in [2.45, 2.75) is 31.5 Å². The molecule has 4 atom stereocenters. The molecule has 1 saturated heterocycles. The Morgan fingerprint density at radius 2 is 1.81 bits per heavy atom. The SMILES string of the molecule is C=C(C)[C@H]1C[C@H](c2cccc(Cl)c2)[C@H](c2ccc(F)cc2)O[C@@H]1c1cc(Cl)cc(OC)c1OCC(=O)O. The highest BCUT2D eigenvalue weighted by atomic mass is 35.5. The molecule has 3 aromatic carbocycles. The van der Waals surface area contributed by atoms with Gasteiger partial charge in [-0.05, 0) is 54.8 Å². The number of ether oxygens (including phenoxy) is 3. The Morgan fingerprint density at radius 1 is 1.08 bits per heavy atom. The number of hydrogen-bond acceptors (Lipinski definition) is 4. The van der Waals surface area contributed by atoms with Gasteiger partial charge in [-0.2, -0.15) is 0 Å². The van der Waals surface area contributed by atoms with Crippen LogP contribution >= 0.6 is 23.2 Å². The highest BCUT2D eigenvalue weighted by Crippen LogP contribution is 2.54. The van der Waals surface area contributed by atoms with Crippen molar-refractivity contribution in [1.29, 1.82) is 0 Å². The summed E-state index contributed by atoms with van der Waals surface area (Å²) in [6, 6.07) is 17.1. The smallest absolute Gasteiger partial charge is 0.341 e. The maximum Gasteiger partial charge on any atom is 0.341 e. The van der Waals surface area contributed by atoms with Gasteiger partial charge in [-0.3, -0.25) is 0 Å². The van der Waals surface area contributed by atoms with E-state index in [0.29, 0.717) is 27.8 Å². The zero-order chi connectivity index (χ0) is 26.7. The van der Waals surface area contributed by atoms with Gasteiger partial charge in [0.15, 0.2) is 18.1 Å². The van der Waals surface area contributed by atoms with Gasteiger partial charge in [0.2, 0.25) is 0 Å². The molecule has 1 heterocycles. The zero-order valence-electron chi connectivity index (χ0n) is 20.4. The summed E-state index contributed by atoms with van der Waals surface area (Å²) >= 11 is 12.8.